The minimum Gasteiger partial charge on any atom is -0.299 e. The first-order valence-corrected chi connectivity index (χ1v) is 8.09. The summed E-state index contributed by atoms with van der Waals surface area (Å²) < 4.78 is 42.5. The Kier molecular flexibility index (Phi) is 3.54. The van der Waals surface area contributed by atoms with Crippen LogP contribution in [-0.4, -0.2) is 14.5 Å². The van der Waals surface area contributed by atoms with E-state index in [9.17, 15) is 18.0 Å². The summed E-state index contributed by atoms with van der Waals surface area (Å²) in [7, 11) is 0. The minimum absolute atomic E-state index is 0.00933. The Hall–Kier alpha value is -2.48. The number of nitrogens with one attached hydrogen (secondary N) is 1. The number of pyridine rings is 1. The predicted molar refractivity (Wildman–Crippen MR) is 89.9 cm³/mol. The van der Waals surface area contributed by atoms with Gasteiger partial charge < -0.3 is 0 Å². The number of hydrogen-bond acceptors (Lipinski definition) is 3. The van der Waals surface area contributed by atoms with E-state index in [1.165, 1.54) is 4.57 Å². The van der Waals surface area contributed by atoms with Gasteiger partial charge in [-0.1, -0.05) is 30.3 Å². The van der Waals surface area contributed by atoms with Crippen LogP contribution < -0.4 is 5.56 Å². The zero-order valence-corrected chi connectivity index (χ0v) is 13.6. The summed E-state index contributed by atoms with van der Waals surface area (Å²) >= 11 is 5.17. The molecule has 8 heteroatoms. The van der Waals surface area contributed by atoms with E-state index in [1.807, 2.05) is 0 Å². The molecule has 3 aromatic rings. The summed E-state index contributed by atoms with van der Waals surface area (Å²) in [5.74, 6) is 0. The highest BCUT2D eigenvalue weighted by Gasteiger charge is 2.36. The maximum absolute atomic E-state index is 13.6. The van der Waals surface area contributed by atoms with Crippen molar-refractivity contribution in [3.05, 3.63) is 57.1 Å². The standard InChI is InChI=1S/C17H12F3N3OS/c18-17(19,20)11-8-12(9-4-2-1-3-5-9)21-14-13(11)15(24)22-16(25)23(14)10-6-7-10/h1-5,8,10H,6-7H2,(H,22,24,25). The molecule has 0 radical (unpaired) electrons. The molecule has 4 rings (SSSR count). The third-order valence-electron chi connectivity index (χ3n) is 4.18. The molecule has 0 atom stereocenters. The second-order valence-corrected chi connectivity index (χ2v) is 6.36. The van der Waals surface area contributed by atoms with Crippen molar-refractivity contribution in [1.82, 2.24) is 14.5 Å². The van der Waals surface area contributed by atoms with Crippen molar-refractivity contribution < 1.29 is 13.2 Å². The molecule has 0 spiro atoms. The summed E-state index contributed by atoms with van der Waals surface area (Å²) in [5.41, 5.74) is -1.17. The second-order valence-electron chi connectivity index (χ2n) is 5.98. The minimum atomic E-state index is -4.68. The van der Waals surface area contributed by atoms with Gasteiger partial charge in [-0.2, -0.15) is 13.2 Å². The highest BCUT2D eigenvalue weighted by molar-refractivity contribution is 7.71. The number of alkyl halides is 3. The molecule has 1 aliphatic rings. The van der Waals surface area contributed by atoms with Gasteiger partial charge in [-0.05, 0) is 31.1 Å². The van der Waals surface area contributed by atoms with Gasteiger partial charge in [-0.3, -0.25) is 14.3 Å². The van der Waals surface area contributed by atoms with E-state index in [4.69, 9.17) is 12.2 Å². The Morgan fingerprint density at radius 3 is 2.48 bits per heavy atom. The smallest absolute Gasteiger partial charge is 0.299 e. The molecule has 4 nitrogen and oxygen atoms in total. The van der Waals surface area contributed by atoms with Crippen molar-refractivity contribution in [3.8, 4) is 11.3 Å². The molecule has 1 fully saturated rings. The van der Waals surface area contributed by atoms with Crippen LogP contribution in [0.25, 0.3) is 22.3 Å². The van der Waals surface area contributed by atoms with E-state index in [2.05, 4.69) is 9.97 Å². The Morgan fingerprint density at radius 1 is 1.20 bits per heavy atom. The van der Waals surface area contributed by atoms with Gasteiger partial charge in [0.25, 0.3) is 5.56 Å². The Labute approximate surface area is 145 Å². The van der Waals surface area contributed by atoms with E-state index in [0.29, 0.717) is 5.56 Å². The molecule has 0 unspecified atom stereocenters. The third-order valence-corrected chi connectivity index (χ3v) is 4.48. The Bertz CT molecular complexity index is 1080. The Balaban J connectivity index is 2.16. The molecule has 0 saturated heterocycles. The summed E-state index contributed by atoms with van der Waals surface area (Å²) in [4.78, 5) is 19.0. The molecule has 2 aromatic heterocycles. The van der Waals surface area contributed by atoms with Crippen LogP contribution in [0, 0.1) is 4.77 Å². The number of nitrogens with zero attached hydrogens (tertiary/aromatic N) is 2. The van der Waals surface area contributed by atoms with E-state index < -0.39 is 22.7 Å². The van der Waals surface area contributed by atoms with Gasteiger partial charge in [0.15, 0.2) is 4.77 Å². The molecular weight excluding hydrogens is 351 g/mol. The molecule has 1 saturated carbocycles. The van der Waals surface area contributed by atoms with Gasteiger partial charge in [0, 0.05) is 11.6 Å². The SMILES string of the molecule is O=c1[nH]c(=S)n(C2CC2)c2nc(-c3ccccc3)cc(C(F)(F)F)c12. The first-order chi connectivity index (χ1) is 11.9. The lowest BCUT2D eigenvalue weighted by molar-refractivity contribution is -0.136. The van der Waals surface area contributed by atoms with Crippen molar-refractivity contribution in [2.45, 2.75) is 25.1 Å². The zero-order valence-electron chi connectivity index (χ0n) is 12.8. The zero-order chi connectivity index (χ0) is 17.8. The van der Waals surface area contributed by atoms with Crippen LogP contribution in [0.3, 0.4) is 0 Å². The van der Waals surface area contributed by atoms with Crippen LogP contribution in [-0.2, 0) is 6.18 Å². The van der Waals surface area contributed by atoms with Crippen LogP contribution in [0.4, 0.5) is 13.2 Å². The van der Waals surface area contributed by atoms with Crippen molar-refractivity contribution in [1.29, 1.82) is 0 Å². The topological polar surface area (TPSA) is 50.7 Å². The number of rotatable bonds is 2. The van der Waals surface area contributed by atoms with E-state index in [0.717, 1.165) is 18.9 Å². The molecule has 0 bridgehead atoms. The molecule has 2 heterocycles. The Morgan fingerprint density at radius 2 is 1.88 bits per heavy atom. The molecule has 0 aliphatic heterocycles. The molecule has 1 aromatic carbocycles. The molecule has 1 N–H and O–H groups in total. The fourth-order valence-electron chi connectivity index (χ4n) is 2.90. The lowest BCUT2D eigenvalue weighted by atomic mass is 10.1. The van der Waals surface area contributed by atoms with Crippen LogP contribution in [0.5, 0.6) is 0 Å². The average Bonchev–Trinajstić information content (AvgIpc) is 3.38. The maximum atomic E-state index is 13.6. The van der Waals surface area contributed by atoms with E-state index >= 15 is 0 Å². The summed E-state index contributed by atoms with van der Waals surface area (Å²) in [5, 5.41) is -0.465. The molecule has 0 amide bonds. The van der Waals surface area contributed by atoms with Gasteiger partial charge in [0.2, 0.25) is 0 Å². The summed E-state index contributed by atoms with van der Waals surface area (Å²) in [6.45, 7) is 0. The lowest BCUT2D eigenvalue weighted by Crippen LogP contribution is -2.20. The van der Waals surface area contributed by atoms with Crippen LogP contribution in [0.1, 0.15) is 24.4 Å². The highest BCUT2D eigenvalue weighted by atomic mass is 32.1. The van der Waals surface area contributed by atoms with Gasteiger partial charge in [-0.15, -0.1) is 0 Å². The van der Waals surface area contributed by atoms with Crippen molar-refractivity contribution in [3.63, 3.8) is 0 Å². The van der Waals surface area contributed by atoms with Crippen molar-refractivity contribution in [2.24, 2.45) is 0 Å². The first kappa shape index (κ1) is 16.0. The molecule has 25 heavy (non-hydrogen) atoms. The molecular formula is C17H12F3N3OS. The summed E-state index contributed by atoms with van der Waals surface area (Å²) in [6, 6.07) is 9.47. The number of H-pyrrole nitrogens is 1. The quantitative estimate of drug-likeness (QED) is 0.683. The fraction of sp³-hybridized carbons (Fsp3) is 0.235. The molecule has 1 aliphatic carbocycles. The normalized spacial score (nSPS) is 14.8. The predicted octanol–water partition coefficient (Wildman–Crippen LogP) is 4.47. The number of aromatic amines is 1. The van der Waals surface area contributed by atoms with Gasteiger partial charge >= 0.3 is 6.18 Å². The van der Waals surface area contributed by atoms with Crippen LogP contribution in [0.2, 0.25) is 0 Å². The maximum Gasteiger partial charge on any atom is 0.417 e. The largest absolute Gasteiger partial charge is 0.417 e. The van der Waals surface area contributed by atoms with Crippen LogP contribution >= 0.6 is 12.2 Å². The number of hydrogen-bond donors (Lipinski definition) is 1. The number of benzene rings is 1. The van der Waals surface area contributed by atoms with Gasteiger partial charge in [0.1, 0.15) is 5.65 Å². The van der Waals surface area contributed by atoms with Crippen LogP contribution in [0.15, 0.2) is 41.2 Å². The van der Waals surface area contributed by atoms with E-state index in [-0.39, 0.29) is 22.2 Å². The van der Waals surface area contributed by atoms with Crippen molar-refractivity contribution in [2.75, 3.05) is 0 Å². The number of fused-ring (bicyclic) bond motifs is 1. The average molecular weight is 363 g/mol. The number of halogens is 3. The van der Waals surface area contributed by atoms with Gasteiger partial charge in [-0.25, -0.2) is 4.98 Å². The monoisotopic (exact) mass is 363 g/mol. The van der Waals surface area contributed by atoms with Crippen molar-refractivity contribution >= 4 is 23.3 Å². The third kappa shape index (κ3) is 2.76. The molecule has 128 valence electrons. The van der Waals surface area contributed by atoms with Gasteiger partial charge in [0.05, 0.1) is 16.6 Å². The fourth-order valence-corrected chi connectivity index (χ4v) is 3.23. The lowest BCUT2D eigenvalue weighted by Gasteiger charge is -2.15. The second kappa shape index (κ2) is 5.52. The van der Waals surface area contributed by atoms with E-state index in [1.54, 1.807) is 30.3 Å². The summed E-state index contributed by atoms with van der Waals surface area (Å²) in [6.07, 6.45) is -3.08. The highest BCUT2D eigenvalue weighted by Crippen LogP contribution is 2.40. The first-order valence-electron chi connectivity index (χ1n) is 7.68. The number of aromatic nitrogens is 3.